The summed E-state index contributed by atoms with van der Waals surface area (Å²) in [6, 6.07) is 9.16. The first-order chi connectivity index (χ1) is 17.3. The van der Waals surface area contributed by atoms with Crippen LogP contribution in [0.1, 0.15) is 29.4 Å². The monoisotopic (exact) mass is 492 g/mol. The van der Waals surface area contributed by atoms with Gasteiger partial charge in [-0.3, -0.25) is 9.59 Å². The van der Waals surface area contributed by atoms with Crippen LogP contribution in [0.25, 0.3) is 10.9 Å². The molecule has 0 atom stereocenters. The highest BCUT2D eigenvalue weighted by atomic mass is 19.1. The number of likely N-dealkylation sites (tertiary alicyclic amines) is 1. The van der Waals surface area contributed by atoms with E-state index in [1.807, 2.05) is 0 Å². The van der Waals surface area contributed by atoms with Gasteiger partial charge in [-0.2, -0.15) is 0 Å². The number of H-pyrrole nitrogens is 1. The topological polar surface area (TPSA) is 112 Å². The van der Waals surface area contributed by atoms with Gasteiger partial charge < -0.3 is 25.3 Å². The molecule has 0 radical (unpaired) electrons. The Labute approximate surface area is 204 Å². The third-order valence-corrected chi connectivity index (χ3v) is 5.75. The van der Waals surface area contributed by atoms with Gasteiger partial charge in [-0.15, -0.1) is 0 Å². The molecule has 4 aromatic rings. The molecule has 2 amide bonds. The molecule has 0 saturated carbocycles. The average Bonchev–Trinajstić information content (AvgIpc) is 3.20. The van der Waals surface area contributed by atoms with Crippen molar-refractivity contribution in [2.75, 3.05) is 23.7 Å². The fourth-order valence-corrected chi connectivity index (χ4v) is 3.90. The Morgan fingerprint density at radius 1 is 1.08 bits per heavy atom. The number of anilines is 3. The van der Waals surface area contributed by atoms with Gasteiger partial charge in [0.15, 0.2) is 23.2 Å². The van der Waals surface area contributed by atoms with Crippen LogP contribution in [0.4, 0.5) is 26.0 Å². The van der Waals surface area contributed by atoms with Crippen molar-refractivity contribution in [3.8, 4) is 11.6 Å². The van der Waals surface area contributed by atoms with E-state index >= 15 is 4.39 Å². The van der Waals surface area contributed by atoms with E-state index in [2.05, 4.69) is 25.6 Å². The fraction of sp³-hybridized carbons (Fsp3) is 0.200. The van der Waals surface area contributed by atoms with Crippen molar-refractivity contribution in [1.82, 2.24) is 19.9 Å². The number of fused-ring (bicyclic) bond motifs is 1. The van der Waals surface area contributed by atoms with Gasteiger partial charge in [0.1, 0.15) is 11.9 Å². The van der Waals surface area contributed by atoms with Crippen molar-refractivity contribution in [2.24, 2.45) is 0 Å². The zero-order chi connectivity index (χ0) is 25.4. The lowest BCUT2D eigenvalue weighted by Gasteiger charge is -2.31. The number of amides is 2. The molecule has 2 aromatic carbocycles. The van der Waals surface area contributed by atoms with Crippen LogP contribution in [-0.4, -0.2) is 44.8 Å². The minimum absolute atomic E-state index is 0.00621. The maximum absolute atomic E-state index is 15.2. The third-order valence-electron chi connectivity index (χ3n) is 5.75. The Balaban J connectivity index is 1.53. The highest BCUT2D eigenvalue weighted by Crippen LogP contribution is 2.35. The number of rotatable bonds is 6. The number of benzene rings is 2. The molecule has 1 aliphatic heterocycles. The van der Waals surface area contributed by atoms with Crippen LogP contribution in [0, 0.1) is 18.6 Å². The van der Waals surface area contributed by atoms with Crippen molar-refractivity contribution in [3.63, 3.8) is 0 Å². The average molecular weight is 492 g/mol. The highest BCUT2D eigenvalue weighted by Gasteiger charge is 2.30. The molecule has 3 N–H and O–H groups in total. The summed E-state index contributed by atoms with van der Waals surface area (Å²) in [5.41, 5.74) is 1.79. The molecule has 3 heterocycles. The number of aromatic nitrogens is 3. The van der Waals surface area contributed by atoms with Crippen molar-refractivity contribution in [1.29, 1.82) is 0 Å². The van der Waals surface area contributed by atoms with Crippen LogP contribution in [0.15, 0.2) is 42.7 Å². The number of hydrogen-bond acceptors (Lipinski definition) is 6. The molecule has 1 saturated heterocycles. The van der Waals surface area contributed by atoms with Crippen LogP contribution in [0.3, 0.4) is 0 Å². The fourth-order valence-electron chi connectivity index (χ4n) is 3.90. The van der Waals surface area contributed by atoms with E-state index in [9.17, 15) is 14.0 Å². The first kappa shape index (κ1) is 23.2. The van der Waals surface area contributed by atoms with Gasteiger partial charge in [-0.05, 0) is 43.7 Å². The Morgan fingerprint density at radius 2 is 1.81 bits per heavy atom. The minimum atomic E-state index is -0.778. The largest absolute Gasteiger partial charge is 0.435 e. The third kappa shape index (κ3) is 4.42. The van der Waals surface area contributed by atoms with Crippen LogP contribution >= 0.6 is 0 Å². The molecule has 0 bridgehead atoms. The molecule has 2 aromatic heterocycles. The van der Waals surface area contributed by atoms with Gasteiger partial charge in [0.05, 0.1) is 5.52 Å². The molecule has 0 aliphatic carbocycles. The molecule has 1 aliphatic rings. The normalized spacial score (nSPS) is 12.8. The predicted molar refractivity (Wildman–Crippen MR) is 130 cm³/mol. The highest BCUT2D eigenvalue weighted by molar-refractivity contribution is 6.02. The maximum atomic E-state index is 15.2. The molecule has 0 spiro atoms. The SMILES string of the molecule is CC(=O)Nc1ccc(Nc2ncnc(Oc3cc(F)c4[nH]c(C)cc4c3F)c2C(=O)N2CCC2)cc1. The summed E-state index contributed by atoms with van der Waals surface area (Å²) in [4.78, 5) is 37.2. The summed E-state index contributed by atoms with van der Waals surface area (Å²) in [6.45, 7) is 4.20. The number of aromatic amines is 1. The van der Waals surface area contributed by atoms with E-state index in [1.54, 1.807) is 36.1 Å². The summed E-state index contributed by atoms with van der Waals surface area (Å²) in [6.07, 6.45) is 2.02. The van der Waals surface area contributed by atoms with Crippen molar-refractivity contribution in [3.05, 3.63) is 65.6 Å². The van der Waals surface area contributed by atoms with E-state index < -0.39 is 23.3 Å². The number of aryl methyl sites for hydroxylation is 1. The molecular weight excluding hydrogens is 470 g/mol. The standard InChI is InChI=1S/C25H22F2N6O3/c1-13-10-17-21(27)19(11-18(26)22(17)30-13)36-24-20(25(35)33-8-3-9-33)23(28-12-29-24)32-16-6-4-15(5-7-16)31-14(2)34/h4-7,10-12,30H,3,8-9H2,1-2H3,(H,31,34)(H,28,29,32). The number of carbonyl (C=O) groups excluding carboxylic acids is 2. The number of hydrogen-bond donors (Lipinski definition) is 3. The second kappa shape index (κ2) is 9.25. The van der Waals surface area contributed by atoms with E-state index in [0.717, 1.165) is 12.5 Å². The maximum Gasteiger partial charge on any atom is 0.263 e. The number of halogens is 2. The number of ether oxygens (including phenoxy) is 1. The quantitative estimate of drug-likeness (QED) is 0.354. The summed E-state index contributed by atoms with van der Waals surface area (Å²) < 4.78 is 35.5. The van der Waals surface area contributed by atoms with Gasteiger partial charge in [-0.25, -0.2) is 18.7 Å². The summed E-state index contributed by atoms with van der Waals surface area (Å²) in [5, 5.41) is 5.76. The summed E-state index contributed by atoms with van der Waals surface area (Å²) in [5.74, 6) is -2.54. The minimum Gasteiger partial charge on any atom is -0.435 e. The van der Waals surface area contributed by atoms with E-state index in [-0.39, 0.29) is 34.1 Å². The van der Waals surface area contributed by atoms with Crippen molar-refractivity contribution in [2.45, 2.75) is 20.3 Å². The Bertz CT molecular complexity index is 1480. The first-order valence-electron chi connectivity index (χ1n) is 11.2. The molecule has 9 nitrogen and oxygen atoms in total. The second-order valence-electron chi connectivity index (χ2n) is 8.45. The second-order valence-corrected chi connectivity index (χ2v) is 8.45. The first-order valence-corrected chi connectivity index (χ1v) is 11.2. The zero-order valence-corrected chi connectivity index (χ0v) is 19.5. The summed E-state index contributed by atoms with van der Waals surface area (Å²) in [7, 11) is 0. The zero-order valence-electron chi connectivity index (χ0n) is 19.5. The predicted octanol–water partition coefficient (Wildman–Crippen LogP) is 4.88. The van der Waals surface area contributed by atoms with Gasteiger partial charge in [0, 0.05) is 48.5 Å². The Hall–Kier alpha value is -4.54. The summed E-state index contributed by atoms with van der Waals surface area (Å²) >= 11 is 0. The molecule has 0 unspecified atom stereocenters. The molecule has 11 heteroatoms. The van der Waals surface area contributed by atoms with E-state index in [0.29, 0.717) is 30.2 Å². The van der Waals surface area contributed by atoms with Crippen LogP contribution in [0.5, 0.6) is 11.6 Å². The number of nitrogens with one attached hydrogen (secondary N) is 3. The molecule has 1 fully saturated rings. The molecule has 5 rings (SSSR count). The lowest BCUT2D eigenvalue weighted by atomic mass is 10.1. The van der Waals surface area contributed by atoms with Gasteiger partial charge in [-0.1, -0.05) is 0 Å². The molecular formula is C25H22F2N6O3. The van der Waals surface area contributed by atoms with Crippen LogP contribution in [-0.2, 0) is 4.79 Å². The molecule has 36 heavy (non-hydrogen) atoms. The van der Waals surface area contributed by atoms with Crippen LogP contribution in [0.2, 0.25) is 0 Å². The van der Waals surface area contributed by atoms with Crippen molar-refractivity contribution < 1.29 is 23.1 Å². The van der Waals surface area contributed by atoms with Gasteiger partial charge in [0.2, 0.25) is 11.8 Å². The Morgan fingerprint density at radius 3 is 2.47 bits per heavy atom. The molecule has 184 valence electrons. The lowest BCUT2D eigenvalue weighted by Crippen LogP contribution is -2.42. The Kier molecular flexibility index (Phi) is 5.96. The van der Waals surface area contributed by atoms with E-state index in [4.69, 9.17) is 4.74 Å². The smallest absolute Gasteiger partial charge is 0.263 e. The van der Waals surface area contributed by atoms with Gasteiger partial charge >= 0.3 is 0 Å². The van der Waals surface area contributed by atoms with E-state index in [1.165, 1.54) is 19.3 Å². The lowest BCUT2D eigenvalue weighted by molar-refractivity contribution is -0.114. The number of nitrogens with zero attached hydrogens (tertiary/aromatic N) is 3. The van der Waals surface area contributed by atoms with Crippen molar-refractivity contribution >= 4 is 39.9 Å². The van der Waals surface area contributed by atoms with Crippen LogP contribution < -0.4 is 15.4 Å². The van der Waals surface area contributed by atoms with Gasteiger partial charge in [0.25, 0.3) is 5.91 Å². The number of carbonyl (C=O) groups is 2.